The maximum absolute atomic E-state index is 12.2. The standard InChI is InChI=1S/C9H13F3N4/c10-9(11,12)5-16-3-1-6-7(2-4-16)14-15-8(6)13/h1-5H2,(H3,13,14,15). The third kappa shape index (κ3) is 2.46. The lowest BCUT2D eigenvalue weighted by Crippen LogP contribution is -2.36. The molecule has 0 unspecified atom stereocenters. The smallest absolute Gasteiger partial charge is 0.382 e. The summed E-state index contributed by atoms with van der Waals surface area (Å²) in [6, 6.07) is 0. The molecule has 2 heterocycles. The largest absolute Gasteiger partial charge is 0.401 e. The molecule has 0 fully saturated rings. The Kier molecular flexibility index (Phi) is 2.79. The van der Waals surface area contributed by atoms with Gasteiger partial charge >= 0.3 is 6.18 Å². The second-order valence-corrected chi connectivity index (χ2v) is 3.96. The van der Waals surface area contributed by atoms with Gasteiger partial charge in [-0.05, 0) is 6.42 Å². The highest BCUT2D eigenvalue weighted by Gasteiger charge is 2.31. The zero-order chi connectivity index (χ0) is 11.8. The van der Waals surface area contributed by atoms with Gasteiger partial charge in [0, 0.05) is 30.8 Å². The maximum Gasteiger partial charge on any atom is 0.401 e. The summed E-state index contributed by atoms with van der Waals surface area (Å²) in [6.07, 6.45) is -3.08. The van der Waals surface area contributed by atoms with Crippen molar-refractivity contribution in [1.29, 1.82) is 0 Å². The number of halogens is 3. The number of anilines is 1. The summed E-state index contributed by atoms with van der Waals surface area (Å²) in [6.45, 7) is -0.102. The van der Waals surface area contributed by atoms with Crippen molar-refractivity contribution in [3.8, 4) is 0 Å². The fourth-order valence-corrected chi connectivity index (χ4v) is 1.97. The molecular formula is C9H13F3N4. The van der Waals surface area contributed by atoms with Crippen LogP contribution in [0.15, 0.2) is 0 Å². The lowest BCUT2D eigenvalue weighted by atomic mass is 10.1. The Morgan fingerprint density at radius 2 is 2.00 bits per heavy atom. The molecule has 90 valence electrons. The Morgan fingerprint density at radius 1 is 1.31 bits per heavy atom. The minimum atomic E-state index is -4.14. The molecular weight excluding hydrogens is 221 g/mol. The minimum absolute atomic E-state index is 0.371. The van der Waals surface area contributed by atoms with Crippen LogP contribution in [0.1, 0.15) is 11.3 Å². The maximum atomic E-state index is 12.2. The molecule has 1 aliphatic heterocycles. The van der Waals surface area contributed by atoms with Gasteiger partial charge in [0.2, 0.25) is 0 Å². The summed E-state index contributed by atoms with van der Waals surface area (Å²) in [7, 11) is 0. The van der Waals surface area contributed by atoms with E-state index < -0.39 is 12.7 Å². The highest BCUT2D eigenvalue weighted by Crippen LogP contribution is 2.22. The Balaban J connectivity index is 2.02. The number of fused-ring (bicyclic) bond motifs is 1. The van der Waals surface area contributed by atoms with Crippen molar-refractivity contribution >= 4 is 5.82 Å². The van der Waals surface area contributed by atoms with Crippen molar-refractivity contribution in [3.05, 3.63) is 11.3 Å². The molecule has 3 N–H and O–H groups in total. The molecule has 0 spiro atoms. The molecule has 1 aromatic rings. The molecule has 7 heteroatoms. The molecule has 1 aliphatic rings. The van der Waals surface area contributed by atoms with Crippen molar-refractivity contribution in [3.63, 3.8) is 0 Å². The molecule has 4 nitrogen and oxygen atoms in total. The third-order valence-corrected chi connectivity index (χ3v) is 2.74. The van der Waals surface area contributed by atoms with Gasteiger partial charge in [-0.2, -0.15) is 18.3 Å². The number of alkyl halides is 3. The van der Waals surface area contributed by atoms with E-state index in [9.17, 15) is 13.2 Å². The van der Waals surface area contributed by atoms with Crippen LogP contribution in [0.4, 0.5) is 19.0 Å². The van der Waals surface area contributed by atoms with E-state index in [1.54, 1.807) is 0 Å². The van der Waals surface area contributed by atoms with Crippen LogP contribution in [0.2, 0.25) is 0 Å². The Hall–Kier alpha value is -1.24. The molecule has 0 aliphatic carbocycles. The quantitative estimate of drug-likeness (QED) is 0.760. The first-order valence-electron chi connectivity index (χ1n) is 5.06. The van der Waals surface area contributed by atoms with Crippen LogP contribution in [0.3, 0.4) is 0 Å². The summed E-state index contributed by atoms with van der Waals surface area (Å²) >= 11 is 0. The predicted molar refractivity (Wildman–Crippen MR) is 52.9 cm³/mol. The van der Waals surface area contributed by atoms with Crippen LogP contribution in [-0.4, -0.2) is 40.9 Å². The summed E-state index contributed by atoms with van der Waals surface area (Å²) in [5.74, 6) is 0.406. The topological polar surface area (TPSA) is 57.9 Å². The van der Waals surface area contributed by atoms with Gasteiger partial charge in [-0.25, -0.2) is 0 Å². The van der Waals surface area contributed by atoms with Gasteiger partial charge in [0.05, 0.1) is 6.54 Å². The molecule has 0 aromatic carbocycles. The third-order valence-electron chi connectivity index (χ3n) is 2.74. The van der Waals surface area contributed by atoms with E-state index >= 15 is 0 Å². The minimum Gasteiger partial charge on any atom is -0.382 e. The summed E-state index contributed by atoms with van der Waals surface area (Å²) in [5, 5.41) is 6.62. The number of aromatic nitrogens is 2. The highest BCUT2D eigenvalue weighted by atomic mass is 19.4. The second-order valence-electron chi connectivity index (χ2n) is 3.96. The van der Waals surface area contributed by atoms with Crippen molar-refractivity contribution in [2.24, 2.45) is 0 Å². The number of nitrogen functional groups attached to an aromatic ring is 1. The van der Waals surface area contributed by atoms with Gasteiger partial charge in [0.25, 0.3) is 0 Å². The molecule has 0 bridgehead atoms. The number of nitrogens with two attached hydrogens (primary N) is 1. The number of hydrogen-bond donors (Lipinski definition) is 2. The van der Waals surface area contributed by atoms with E-state index in [0.717, 1.165) is 11.3 Å². The Bertz CT molecular complexity index is 371. The van der Waals surface area contributed by atoms with Crippen molar-refractivity contribution in [2.75, 3.05) is 25.4 Å². The first-order valence-corrected chi connectivity index (χ1v) is 5.06. The number of nitrogens with one attached hydrogen (secondary N) is 1. The van der Waals surface area contributed by atoms with Crippen molar-refractivity contribution in [2.45, 2.75) is 19.0 Å². The molecule has 0 atom stereocenters. The van der Waals surface area contributed by atoms with Crippen molar-refractivity contribution in [1.82, 2.24) is 15.1 Å². The zero-order valence-electron chi connectivity index (χ0n) is 8.64. The number of hydrogen-bond acceptors (Lipinski definition) is 3. The normalized spacial score (nSPS) is 18.2. The first kappa shape index (κ1) is 11.3. The van der Waals surface area contributed by atoms with Crippen LogP contribution < -0.4 is 5.73 Å². The number of H-pyrrole nitrogens is 1. The molecule has 2 rings (SSSR count). The summed E-state index contributed by atoms with van der Waals surface area (Å²) in [5.41, 5.74) is 7.35. The van der Waals surface area contributed by atoms with E-state index in [0.29, 0.717) is 31.7 Å². The molecule has 0 saturated carbocycles. The van der Waals surface area contributed by atoms with E-state index in [4.69, 9.17) is 5.73 Å². The van der Waals surface area contributed by atoms with Gasteiger partial charge in [-0.1, -0.05) is 0 Å². The average Bonchev–Trinajstić information content (AvgIpc) is 2.39. The molecule has 1 aromatic heterocycles. The lowest BCUT2D eigenvalue weighted by molar-refractivity contribution is -0.145. The van der Waals surface area contributed by atoms with E-state index in [1.165, 1.54) is 4.90 Å². The molecule has 0 amide bonds. The summed E-state index contributed by atoms with van der Waals surface area (Å²) < 4.78 is 36.7. The van der Waals surface area contributed by atoms with Gasteiger partial charge < -0.3 is 5.73 Å². The van der Waals surface area contributed by atoms with Crippen LogP contribution in [0.25, 0.3) is 0 Å². The highest BCUT2D eigenvalue weighted by molar-refractivity contribution is 5.42. The Labute approximate surface area is 90.6 Å². The molecule has 0 saturated heterocycles. The fraction of sp³-hybridized carbons (Fsp3) is 0.667. The van der Waals surface area contributed by atoms with Gasteiger partial charge in [0.1, 0.15) is 5.82 Å². The number of nitrogens with zero attached hydrogens (tertiary/aromatic N) is 2. The average molecular weight is 234 g/mol. The van der Waals surface area contributed by atoms with E-state index in [1.807, 2.05) is 0 Å². The van der Waals surface area contributed by atoms with Crippen molar-refractivity contribution < 1.29 is 13.2 Å². The van der Waals surface area contributed by atoms with Crippen LogP contribution in [-0.2, 0) is 12.8 Å². The predicted octanol–water partition coefficient (Wildman–Crippen LogP) is 0.955. The molecule has 0 radical (unpaired) electrons. The zero-order valence-corrected chi connectivity index (χ0v) is 8.64. The second kappa shape index (κ2) is 3.97. The van der Waals surface area contributed by atoms with Crippen LogP contribution in [0.5, 0.6) is 0 Å². The van der Waals surface area contributed by atoms with Crippen LogP contribution >= 0.6 is 0 Å². The monoisotopic (exact) mass is 234 g/mol. The number of rotatable bonds is 1. The first-order chi connectivity index (χ1) is 7.46. The summed E-state index contributed by atoms with van der Waals surface area (Å²) in [4.78, 5) is 1.40. The molecule has 16 heavy (non-hydrogen) atoms. The number of aromatic amines is 1. The van der Waals surface area contributed by atoms with Gasteiger partial charge in [0.15, 0.2) is 0 Å². The fourth-order valence-electron chi connectivity index (χ4n) is 1.97. The van der Waals surface area contributed by atoms with Gasteiger partial charge in [-0.15, -0.1) is 0 Å². The Morgan fingerprint density at radius 3 is 2.69 bits per heavy atom. The van der Waals surface area contributed by atoms with Crippen LogP contribution in [0, 0.1) is 0 Å². The van der Waals surface area contributed by atoms with Gasteiger partial charge in [-0.3, -0.25) is 10.00 Å². The lowest BCUT2D eigenvalue weighted by Gasteiger charge is -2.21. The SMILES string of the molecule is Nc1n[nH]c2c1CCN(CC(F)(F)F)CC2. The van der Waals surface area contributed by atoms with E-state index in [-0.39, 0.29) is 0 Å². The van der Waals surface area contributed by atoms with E-state index in [2.05, 4.69) is 10.2 Å².